The molecule has 4 rings (SSSR count). The number of rotatable bonds is 15. The molecule has 2 aromatic rings. The molecule has 0 aliphatic carbocycles. The summed E-state index contributed by atoms with van der Waals surface area (Å²) in [5, 5.41) is 14.3. The van der Waals surface area contributed by atoms with E-state index in [4.69, 9.17) is 23.7 Å². The fourth-order valence-electron chi connectivity index (χ4n) is 5.20. The van der Waals surface area contributed by atoms with Crippen molar-refractivity contribution < 1.29 is 51.5 Å². The summed E-state index contributed by atoms with van der Waals surface area (Å²) in [6, 6.07) is 13.9. The highest BCUT2D eigenvalue weighted by atomic mass is 32.2. The van der Waals surface area contributed by atoms with Crippen LogP contribution in [0.3, 0.4) is 0 Å². The van der Waals surface area contributed by atoms with Crippen LogP contribution in [0.15, 0.2) is 59.5 Å². The lowest BCUT2D eigenvalue weighted by atomic mass is 10.0. The van der Waals surface area contributed by atoms with E-state index in [9.17, 15) is 27.8 Å². The van der Waals surface area contributed by atoms with Crippen molar-refractivity contribution in [2.45, 2.75) is 61.7 Å². The number of methoxy groups -OCH3 is 1. The smallest absolute Gasteiger partial charge is 0.497 e. The predicted octanol–water partition coefficient (Wildman–Crippen LogP) is 2.63. The van der Waals surface area contributed by atoms with Gasteiger partial charge in [-0.1, -0.05) is 30.3 Å². The van der Waals surface area contributed by atoms with Crippen LogP contribution in [0.2, 0.25) is 0 Å². The topological polar surface area (TPSA) is 170 Å². The number of ether oxygens (including phenoxy) is 5. The van der Waals surface area contributed by atoms with Gasteiger partial charge in [-0.25, -0.2) is 13.2 Å². The Morgan fingerprint density at radius 1 is 1.16 bits per heavy atom. The van der Waals surface area contributed by atoms with E-state index in [0.717, 1.165) is 9.87 Å². The number of hydrogen-bond acceptors (Lipinski definition) is 10. The quantitative estimate of drug-likeness (QED) is 0.241. The summed E-state index contributed by atoms with van der Waals surface area (Å²) in [4.78, 5) is 22.3. The number of nitrogens with one attached hydrogen (secondary N) is 1. The van der Waals surface area contributed by atoms with Gasteiger partial charge in [0.25, 0.3) is 6.35 Å². The second-order valence-corrected chi connectivity index (χ2v) is 14.2. The highest BCUT2D eigenvalue weighted by Crippen LogP contribution is 2.33. The van der Waals surface area contributed by atoms with Gasteiger partial charge in [-0.3, -0.25) is 0 Å². The van der Waals surface area contributed by atoms with E-state index in [1.807, 2.05) is 30.3 Å². The number of nitrogens with zero attached hydrogens (tertiary/aromatic N) is 1. The van der Waals surface area contributed by atoms with Crippen molar-refractivity contribution in [1.29, 1.82) is 0 Å². The lowest BCUT2D eigenvalue weighted by molar-refractivity contribution is -0.0907. The molecule has 44 heavy (non-hydrogen) atoms. The molecule has 2 aliphatic heterocycles. The normalized spacial score (nSPS) is 21.9. The maximum atomic E-state index is 13.9. The molecule has 6 unspecified atom stereocenters. The minimum absolute atomic E-state index is 0.0592. The highest BCUT2D eigenvalue weighted by molar-refractivity contribution is 7.89. The molecule has 0 saturated carbocycles. The van der Waals surface area contributed by atoms with E-state index in [1.54, 1.807) is 13.8 Å². The summed E-state index contributed by atoms with van der Waals surface area (Å²) in [5.41, 5.74) is -0.415. The summed E-state index contributed by atoms with van der Waals surface area (Å²) >= 11 is 0. The SMILES string of the molecule is COc1ccc(S(=O)(=O)N(CC(O)C(Cc2ccccc2)NC(=O)OC2COC3OCCC23)CC(C)(C)OC[P+](=O)O)cc1. The number of carbonyl (C=O) groups is 1. The van der Waals surface area contributed by atoms with Crippen LogP contribution in [-0.2, 0) is 40.0 Å². The summed E-state index contributed by atoms with van der Waals surface area (Å²) in [7, 11) is -5.39. The van der Waals surface area contributed by atoms with Crippen molar-refractivity contribution in [3.63, 3.8) is 0 Å². The van der Waals surface area contributed by atoms with E-state index >= 15 is 0 Å². The number of alkyl carbamates (subject to hydrolysis) is 1. The van der Waals surface area contributed by atoms with Gasteiger partial charge in [-0.2, -0.15) is 9.20 Å². The van der Waals surface area contributed by atoms with Gasteiger partial charge < -0.3 is 34.1 Å². The van der Waals surface area contributed by atoms with Crippen molar-refractivity contribution in [2.75, 3.05) is 39.8 Å². The van der Waals surface area contributed by atoms with Crippen LogP contribution >= 0.6 is 8.03 Å². The number of carbonyl (C=O) groups excluding carboxylic acids is 1. The van der Waals surface area contributed by atoms with Gasteiger partial charge in [-0.05, 0) is 61.1 Å². The van der Waals surface area contributed by atoms with Crippen molar-refractivity contribution in [3.8, 4) is 5.75 Å². The maximum absolute atomic E-state index is 13.9. The summed E-state index contributed by atoms with van der Waals surface area (Å²) in [5.74, 6) is 0.374. The molecular weight excluding hydrogens is 615 g/mol. The second-order valence-electron chi connectivity index (χ2n) is 11.3. The first-order valence-corrected chi connectivity index (χ1v) is 17.1. The molecule has 15 heteroatoms. The Bertz CT molecular complexity index is 1360. The molecule has 6 atom stereocenters. The first-order valence-electron chi connectivity index (χ1n) is 14.2. The Labute approximate surface area is 258 Å². The van der Waals surface area contributed by atoms with E-state index in [2.05, 4.69) is 5.32 Å². The van der Waals surface area contributed by atoms with Gasteiger partial charge >= 0.3 is 14.1 Å². The molecule has 2 saturated heterocycles. The zero-order valence-corrected chi connectivity index (χ0v) is 26.6. The number of hydrogen-bond donors (Lipinski definition) is 3. The lowest BCUT2D eigenvalue weighted by Gasteiger charge is -2.34. The molecule has 2 fully saturated rings. The fourth-order valence-corrected chi connectivity index (χ4v) is 7.27. The average Bonchev–Trinajstić information content (AvgIpc) is 3.61. The zero-order valence-electron chi connectivity index (χ0n) is 24.9. The Morgan fingerprint density at radius 3 is 2.52 bits per heavy atom. The summed E-state index contributed by atoms with van der Waals surface area (Å²) in [6.45, 7) is 3.16. The molecule has 0 aromatic heterocycles. The van der Waals surface area contributed by atoms with Gasteiger partial charge in [-0.15, -0.1) is 0 Å². The predicted molar refractivity (Wildman–Crippen MR) is 159 cm³/mol. The minimum Gasteiger partial charge on any atom is -0.497 e. The summed E-state index contributed by atoms with van der Waals surface area (Å²) in [6.07, 6.45) is -2.73. The second kappa shape index (κ2) is 15.1. The molecule has 2 aromatic carbocycles. The molecule has 242 valence electrons. The van der Waals surface area contributed by atoms with Gasteiger partial charge in [0, 0.05) is 13.1 Å². The monoisotopic (exact) mass is 655 g/mol. The first kappa shape index (κ1) is 34.2. The van der Waals surface area contributed by atoms with Crippen molar-refractivity contribution in [3.05, 3.63) is 60.2 Å². The molecule has 1 amide bonds. The minimum atomic E-state index is -4.23. The number of aliphatic hydroxyl groups excluding tert-OH is 1. The zero-order chi connectivity index (χ0) is 31.9. The number of amides is 1. The van der Waals surface area contributed by atoms with E-state index in [-0.39, 0.29) is 30.4 Å². The average molecular weight is 656 g/mol. The van der Waals surface area contributed by atoms with Crippen LogP contribution in [0.25, 0.3) is 0 Å². The van der Waals surface area contributed by atoms with E-state index < -0.39 is 67.2 Å². The molecular formula is C29H40N2O11PS+. The van der Waals surface area contributed by atoms with E-state index in [1.165, 1.54) is 31.4 Å². The van der Waals surface area contributed by atoms with Crippen LogP contribution in [0, 0.1) is 5.92 Å². The van der Waals surface area contributed by atoms with Crippen molar-refractivity contribution in [1.82, 2.24) is 9.62 Å². The third kappa shape index (κ3) is 9.18. The third-order valence-corrected chi connectivity index (χ3v) is 9.70. The largest absolute Gasteiger partial charge is 0.534 e. The standard InChI is InChI=1S/C29H39N2O11PS/c1-29(2,41-19-43(34)35)18-31(44(36,37)22-11-9-21(38-3)10-12-22)16-25(32)24(15-20-7-5-4-6-8-20)30-28(33)42-26-17-40-27-23(26)13-14-39-27/h4-12,23-27,32H,13-19H2,1-3H3,(H-,30,33,34,35)/p+1. The van der Waals surface area contributed by atoms with Crippen LogP contribution in [0.1, 0.15) is 25.8 Å². The molecule has 3 N–H and O–H groups in total. The molecule has 0 spiro atoms. The Hall–Kier alpha value is -2.68. The molecule has 2 heterocycles. The highest BCUT2D eigenvalue weighted by Gasteiger charge is 2.44. The Morgan fingerprint density at radius 2 is 1.86 bits per heavy atom. The molecule has 13 nitrogen and oxygen atoms in total. The Balaban J connectivity index is 1.57. The van der Waals surface area contributed by atoms with E-state index in [0.29, 0.717) is 18.8 Å². The summed E-state index contributed by atoms with van der Waals surface area (Å²) < 4.78 is 67.6. The Kier molecular flexibility index (Phi) is 11.7. The van der Waals surface area contributed by atoms with Crippen molar-refractivity contribution in [2.24, 2.45) is 5.92 Å². The lowest BCUT2D eigenvalue weighted by Crippen LogP contribution is -2.53. The third-order valence-electron chi connectivity index (χ3n) is 7.52. The molecule has 0 radical (unpaired) electrons. The fraction of sp³-hybridized carbons (Fsp3) is 0.552. The number of benzene rings is 2. The van der Waals surface area contributed by atoms with Gasteiger partial charge in [0.05, 0.1) is 48.9 Å². The molecule has 0 bridgehead atoms. The van der Waals surface area contributed by atoms with Crippen LogP contribution < -0.4 is 10.1 Å². The van der Waals surface area contributed by atoms with Crippen molar-refractivity contribution >= 4 is 24.1 Å². The maximum Gasteiger partial charge on any atom is 0.534 e. The van der Waals surface area contributed by atoms with Crippen LogP contribution in [0.5, 0.6) is 5.75 Å². The van der Waals surface area contributed by atoms with Crippen LogP contribution in [-0.4, -0.2) is 98.7 Å². The number of aliphatic hydroxyl groups is 1. The van der Waals surface area contributed by atoms with Gasteiger partial charge in [0.15, 0.2) is 6.29 Å². The number of sulfonamides is 1. The van der Waals surface area contributed by atoms with Crippen LogP contribution in [0.4, 0.5) is 4.79 Å². The van der Waals surface area contributed by atoms with Gasteiger partial charge in [0.2, 0.25) is 10.0 Å². The van der Waals surface area contributed by atoms with Gasteiger partial charge in [0.1, 0.15) is 11.9 Å². The first-order chi connectivity index (χ1) is 20.9. The number of fused-ring (bicyclic) bond motifs is 1. The molecule has 2 aliphatic rings.